The molecule has 2 unspecified atom stereocenters. The Kier molecular flexibility index (Phi) is 27.3. The van der Waals surface area contributed by atoms with E-state index < -0.39 is 0 Å². The highest BCUT2D eigenvalue weighted by atomic mass is 14.5. The SMILES string of the molecule is CCCCCCCCCCCCC(c1ccc(N)cc1)c1ccc(C(CCCCCCCCCC)c2ccc(C(CCCCCCCCCCCC)c3ccc(N)cc3)cc2)cc1. The van der Waals surface area contributed by atoms with Crippen LogP contribution in [0.15, 0.2) is 97.1 Å². The lowest BCUT2D eigenvalue weighted by Crippen LogP contribution is -2.06. The third-order valence-electron chi connectivity index (χ3n) is 14.2. The molecule has 0 spiro atoms. The molecule has 4 N–H and O–H groups in total. The van der Waals surface area contributed by atoms with E-state index in [0.29, 0.717) is 17.8 Å². The van der Waals surface area contributed by atoms with Gasteiger partial charge in [-0.3, -0.25) is 0 Å². The number of nitrogens with two attached hydrogens (primary N) is 2. The van der Waals surface area contributed by atoms with Gasteiger partial charge < -0.3 is 11.5 Å². The molecule has 0 fully saturated rings. The van der Waals surface area contributed by atoms with Crippen molar-refractivity contribution in [3.63, 3.8) is 0 Å². The molecule has 2 nitrogen and oxygen atoms in total. The van der Waals surface area contributed by atoms with E-state index in [0.717, 1.165) is 11.4 Å². The van der Waals surface area contributed by atoms with Crippen molar-refractivity contribution in [3.8, 4) is 0 Å². The largest absolute Gasteiger partial charge is 0.399 e. The summed E-state index contributed by atoms with van der Waals surface area (Å²) in [5.41, 5.74) is 22.7. The van der Waals surface area contributed by atoms with Crippen molar-refractivity contribution in [3.05, 3.63) is 130 Å². The molecular formula is C61H94N2. The van der Waals surface area contributed by atoms with E-state index in [4.69, 9.17) is 11.5 Å². The molecule has 0 radical (unpaired) electrons. The predicted octanol–water partition coefficient (Wildman–Crippen LogP) is 19.4. The smallest absolute Gasteiger partial charge is 0.0314 e. The molecule has 0 saturated heterocycles. The first-order valence-corrected chi connectivity index (χ1v) is 26.9. The molecule has 4 rings (SSSR count). The van der Waals surface area contributed by atoms with Gasteiger partial charge in [-0.15, -0.1) is 0 Å². The van der Waals surface area contributed by atoms with Gasteiger partial charge in [-0.2, -0.15) is 0 Å². The number of unbranched alkanes of at least 4 members (excludes halogenated alkanes) is 25. The van der Waals surface area contributed by atoms with Crippen molar-refractivity contribution in [2.75, 3.05) is 11.5 Å². The second-order valence-electron chi connectivity index (χ2n) is 19.5. The van der Waals surface area contributed by atoms with Crippen LogP contribution in [0, 0.1) is 0 Å². The van der Waals surface area contributed by atoms with Crippen LogP contribution in [0.4, 0.5) is 11.4 Å². The first-order valence-electron chi connectivity index (χ1n) is 26.9. The summed E-state index contributed by atoms with van der Waals surface area (Å²) in [7, 11) is 0. The zero-order valence-electron chi connectivity index (χ0n) is 41.0. The normalized spacial score (nSPS) is 13.0. The minimum atomic E-state index is 0.403. The summed E-state index contributed by atoms with van der Waals surface area (Å²) in [4.78, 5) is 0. The van der Waals surface area contributed by atoms with E-state index >= 15 is 0 Å². The molecule has 4 aromatic rings. The Bertz CT molecular complexity index is 1540. The average Bonchev–Trinajstić information content (AvgIpc) is 3.31. The number of rotatable bonds is 37. The highest BCUT2D eigenvalue weighted by Crippen LogP contribution is 2.37. The number of hydrogen-bond donors (Lipinski definition) is 2. The quantitative estimate of drug-likeness (QED) is 0.0351. The van der Waals surface area contributed by atoms with Crippen molar-refractivity contribution >= 4 is 11.4 Å². The lowest BCUT2D eigenvalue weighted by atomic mass is 9.81. The van der Waals surface area contributed by atoms with Gasteiger partial charge in [0, 0.05) is 29.1 Å². The van der Waals surface area contributed by atoms with Crippen molar-refractivity contribution in [2.24, 2.45) is 0 Å². The third-order valence-corrected chi connectivity index (χ3v) is 14.2. The van der Waals surface area contributed by atoms with E-state index in [1.54, 1.807) is 0 Å². The molecule has 4 aromatic carbocycles. The van der Waals surface area contributed by atoms with Gasteiger partial charge in [0.1, 0.15) is 0 Å². The number of benzene rings is 4. The van der Waals surface area contributed by atoms with Crippen LogP contribution in [0.2, 0.25) is 0 Å². The first kappa shape index (κ1) is 52.1. The van der Waals surface area contributed by atoms with Gasteiger partial charge in [-0.25, -0.2) is 0 Å². The molecule has 0 saturated carbocycles. The number of hydrogen-bond acceptors (Lipinski definition) is 2. The fourth-order valence-electron chi connectivity index (χ4n) is 10.1. The van der Waals surface area contributed by atoms with E-state index in [1.165, 1.54) is 232 Å². The van der Waals surface area contributed by atoms with Crippen LogP contribution in [0.5, 0.6) is 0 Å². The summed E-state index contributed by atoms with van der Waals surface area (Å²) in [6.45, 7) is 6.92. The second kappa shape index (κ2) is 33.0. The minimum Gasteiger partial charge on any atom is -0.399 e. The van der Waals surface area contributed by atoms with Crippen LogP contribution < -0.4 is 11.5 Å². The Hall–Kier alpha value is -3.52. The molecule has 348 valence electrons. The van der Waals surface area contributed by atoms with Gasteiger partial charge in [0.25, 0.3) is 0 Å². The Morgan fingerprint density at radius 3 is 0.587 bits per heavy atom. The van der Waals surface area contributed by atoms with Crippen LogP contribution in [-0.4, -0.2) is 0 Å². The molecule has 0 heterocycles. The van der Waals surface area contributed by atoms with Gasteiger partial charge >= 0.3 is 0 Å². The predicted molar refractivity (Wildman–Crippen MR) is 280 cm³/mol. The van der Waals surface area contributed by atoms with Crippen molar-refractivity contribution in [1.82, 2.24) is 0 Å². The van der Waals surface area contributed by atoms with Crippen molar-refractivity contribution in [2.45, 2.75) is 238 Å². The lowest BCUT2D eigenvalue weighted by molar-refractivity contribution is 0.540. The summed E-state index contributed by atoms with van der Waals surface area (Å²) in [5, 5.41) is 0. The summed E-state index contributed by atoms with van der Waals surface area (Å²) in [6.07, 6.45) is 41.8. The minimum absolute atomic E-state index is 0.403. The fourth-order valence-corrected chi connectivity index (χ4v) is 10.1. The molecule has 0 aliphatic rings. The van der Waals surface area contributed by atoms with Crippen LogP contribution in [0.1, 0.15) is 271 Å². The third kappa shape index (κ3) is 20.9. The van der Waals surface area contributed by atoms with Crippen LogP contribution in [0.25, 0.3) is 0 Å². The highest BCUT2D eigenvalue weighted by molar-refractivity contribution is 5.45. The molecule has 2 atom stereocenters. The molecular weight excluding hydrogens is 761 g/mol. The van der Waals surface area contributed by atoms with Crippen molar-refractivity contribution in [1.29, 1.82) is 0 Å². The number of nitrogen functional groups attached to an aromatic ring is 2. The van der Waals surface area contributed by atoms with Gasteiger partial charge in [-0.1, -0.05) is 273 Å². The Labute approximate surface area is 389 Å². The van der Waals surface area contributed by atoms with E-state index in [-0.39, 0.29) is 0 Å². The zero-order chi connectivity index (χ0) is 44.6. The van der Waals surface area contributed by atoms with Gasteiger partial charge in [-0.05, 0) is 76.9 Å². The van der Waals surface area contributed by atoms with Crippen LogP contribution in [-0.2, 0) is 0 Å². The maximum atomic E-state index is 6.18. The number of anilines is 2. The average molecular weight is 855 g/mol. The summed E-state index contributed by atoms with van der Waals surface area (Å²) in [5.74, 6) is 1.21. The maximum Gasteiger partial charge on any atom is 0.0314 e. The maximum absolute atomic E-state index is 6.18. The van der Waals surface area contributed by atoms with Gasteiger partial charge in [0.05, 0.1) is 0 Å². The Morgan fingerprint density at radius 1 is 0.238 bits per heavy atom. The topological polar surface area (TPSA) is 52.0 Å². The fraction of sp³-hybridized carbons (Fsp3) is 0.607. The molecule has 0 aliphatic carbocycles. The monoisotopic (exact) mass is 855 g/mol. The summed E-state index contributed by atoms with van der Waals surface area (Å²) >= 11 is 0. The molecule has 0 bridgehead atoms. The van der Waals surface area contributed by atoms with Crippen LogP contribution in [0.3, 0.4) is 0 Å². The van der Waals surface area contributed by atoms with E-state index in [1.807, 2.05) is 0 Å². The molecule has 0 aliphatic heterocycles. The summed E-state index contributed by atoms with van der Waals surface area (Å²) < 4.78 is 0. The first-order chi connectivity index (χ1) is 31.0. The standard InChI is InChI=1S/C61H94N2/c1-4-7-10-13-16-19-21-24-27-30-33-60(55-43-47-57(62)48-44-55)53-39-35-51(36-40-53)59(32-29-26-23-18-15-12-9-6-3)52-37-41-54(42-38-52)61(56-45-49-58(63)50-46-56)34-31-28-25-22-20-17-14-11-8-5-2/h35-50,59-61H,4-34,62-63H2,1-3H3. The van der Waals surface area contributed by atoms with Gasteiger partial charge in [0.2, 0.25) is 0 Å². The molecule has 0 amide bonds. The van der Waals surface area contributed by atoms with E-state index in [9.17, 15) is 0 Å². The molecule has 63 heavy (non-hydrogen) atoms. The van der Waals surface area contributed by atoms with Crippen molar-refractivity contribution < 1.29 is 0 Å². The van der Waals surface area contributed by atoms with Gasteiger partial charge in [0.15, 0.2) is 0 Å². The molecule has 0 aromatic heterocycles. The second-order valence-corrected chi connectivity index (χ2v) is 19.5. The lowest BCUT2D eigenvalue weighted by Gasteiger charge is -2.23. The Morgan fingerprint density at radius 2 is 0.397 bits per heavy atom. The summed E-state index contributed by atoms with van der Waals surface area (Å²) in [6, 6.07) is 37.2. The Balaban J connectivity index is 1.46. The zero-order valence-corrected chi connectivity index (χ0v) is 41.0. The van der Waals surface area contributed by atoms with E-state index in [2.05, 4.69) is 118 Å². The van der Waals surface area contributed by atoms with Crippen LogP contribution >= 0.6 is 0 Å². The highest BCUT2D eigenvalue weighted by Gasteiger charge is 2.20. The molecule has 2 heteroatoms.